The van der Waals surface area contributed by atoms with Crippen molar-refractivity contribution < 1.29 is 31.8 Å². The number of aliphatic hydroxyl groups excluding tert-OH is 1. The molecule has 0 radical (unpaired) electrons. The van der Waals surface area contributed by atoms with E-state index < -0.39 is 17.9 Å². The van der Waals surface area contributed by atoms with Crippen LogP contribution >= 0.6 is 11.9 Å². The highest BCUT2D eigenvalue weighted by Crippen LogP contribution is 2.27. The van der Waals surface area contributed by atoms with E-state index in [-0.39, 0.29) is 23.2 Å². The van der Waals surface area contributed by atoms with E-state index in [0.29, 0.717) is 12.1 Å². The Morgan fingerprint density at radius 3 is 2.21 bits per heavy atom. The lowest BCUT2D eigenvalue weighted by atomic mass is 10.1. The molecule has 29 heavy (non-hydrogen) atoms. The maximum atomic E-state index is 13.6. The Kier molecular flexibility index (Phi) is 9.81. The van der Waals surface area contributed by atoms with Gasteiger partial charge >= 0.3 is 6.36 Å². The highest BCUT2D eigenvalue weighted by atomic mass is 32.2. The number of alkyl halides is 3. The van der Waals surface area contributed by atoms with E-state index in [9.17, 15) is 22.0 Å². The predicted octanol–water partition coefficient (Wildman–Crippen LogP) is 5.40. The Morgan fingerprint density at radius 2 is 1.69 bits per heavy atom. The van der Waals surface area contributed by atoms with Crippen LogP contribution in [0.25, 0.3) is 0 Å². The quantitative estimate of drug-likeness (QED) is 0.467. The van der Waals surface area contributed by atoms with Crippen molar-refractivity contribution in [1.82, 2.24) is 9.71 Å². The Morgan fingerprint density at radius 1 is 1.07 bits per heavy atom. The lowest BCUT2D eigenvalue weighted by molar-refractivity contribution is -0.275. The third-order valence-electron chi connectivity index (χ3n) is 3.10. The van der Waals surface area contributed by atoms with Crippen molar-refractivity contribution in [3.05, 3.63) is 59.9 Å². The molecule has 1 heterocycles. The van der Waals surface area contributed by atoms with E-state index >= 15 is 0 Å². The Labute approximate surface area is 170 Å². The van der Waals surface area contributed by atoms with Gasteiger partial charge in [0, 0.05) is 17.6 Å². The SMILES string of the molecule is CC(C)(C)SNC(CCO)c1ncccc1F.Fc1ccccc1OC(F)(F)F. The summed E-state index contributed by atoms with van der Waals surface area (Å²) in [5, 5.41) is 9.02. The third kappa shape index (κ3) is 10.4. The van der Waals surface area contributed by atoms with Gasteiger partial charge in [-0.05, 0) is 51.5 Å². The molecular weight excluding hydrogens is 415 g/mol. The average molecular weight is 438 g/mol. The first kappa shape index (κ1) is 25.1. The molecule has 2 aromatic rings. The summed E-state index contributed by atoms with van der Waals surface area (Å²) in [6, 6.07) is 7.00. The van der Waals surface area contributed by atoms with Crippen molar-refractivity contribution >= 4 is 11.9 Å². The number of hydrogen-bond acceptors (Lipinski definition) is 5. The average Bonchev–Trinajstić information content (AvgIpc) is 2.60. The zero-order valence-corrected chi connectivity index (χ0v) is 17.0. The molecule has 4 nitrogen and oxygen atoms in total. The maximum Gasteiger partial charge on any atom is 0.573 e. The molecule has 0 aliphatic rings. The molecular formula is C19H23F5N2O2S. The van der Waals surface area contributed by atoms with Gasteiger partial charge in [-0.2, -0.15) is 0 Å². The highest BCUT2D eigenvalue weighted by Gasteiger charge is 2.32. The molecule has 2 N–H and O–H groups in total. The fraction of sp³-hybridized carbons (Fsp3) is 0.421. The van der Waals surface area contributed by atoms with Crippen LogP contribution in [0.4, 0.5) is 22.0 Å². The standard InChI is InChI=1S/C12H19FN2OS.C7H4F4O/c1-12(2,3)17-15-10(6-8-16)11-9(13)5-4-7-14-11;8-5-3-1-2-4-6(5)12-7(9,10)11/h4-5,7,10,15-16H,6,8H2,1-3H3;1-4H. The van der Waals surface area contributed by atoms with Crippen LogP contribution < -0.4 is 9.46 Å². The molecule has 0 bridgehead atoms. The first-order valence-corrected chi connectivity index (χ1v) is 9.39. The van der Waals surface area contributed by atoms with Gasteiger partial charge in [0.05, 0.1) is 11.7 Å². The maximum absolute atomic E-state index is 13.6. The van der Waals surface area contributed by atoms with E-state index in [2.05, 4.69) is 35.2 Å². The van der Waals surface area contributed by atoms with Crippen LogP contribution in [0.15, 0.2) is 42.6 Å². The molecule has 0 aliphatic heterocycles. The molecule has 0 spiro atoms. The third-order valence-corrected chi connectivity index (χ3v) is 4.12. The molecule has 0 amide bonds. The normalized spacial score (nSPS) is 12.7. The summed E-state index contributed by atoms with van der Waals surface area (Å²) in [5.74, 6) is -2.19. The summed E-state index contributed by atoms with van der Waals surface area (Å²) in [4.78, 5) is 4.04. The van der Waals surface area contributed by atoms with Crippen LogP contribution in [0, 0.1) is 11.6 Å². The summed E-state index contributed by atoms with van der Waals surface area (Å²) >= 11 is 1.52. The summed E-state index contributed by atoms with van der Waals surface area (Å²) in [6.45, 7) is 6.19. The largest absolute Gasteiger partial charge is 0.573 e. The molecule has 0 aliphatic carbocycles. The van der Waals surface area contributed by atoms with E-state index in [0.717, 1.165) is 12.1 Å². The zero-order valence-electron chi connectivity index (χ0n) is 16.1. The number of ether oxygens (including phenoxy) is 1. The van der Waals surface area contributed by atoms with E-state index in [1.165, 1.54) is 30.1 Å². The molecule has 10 heteroatoms. The van der Waals surface area contributed by atoms with Crippen LogP contribution in [0.1, 0.15) is 38.9 Å². The van der Waals surface area contributed by atoms with Gasteiger partial charge < -0.3 is 9.84 Å². The lowest BCUT2D eigenvalue weighted by Crippen LogP contribution is -2.24. The van der Waals surface area contributed by atoms with Gasteiger partial charge in [0.2, 0.25) is 0 Å². The fourth-order valence-corrected chi connectivity index (χ4v) is 2.66. The van der Waals surface area contributed by atoms with Crippen molar-refractivity contribution in [3.8, 4) is 5.75 Å². The van der Waals surface area contributed by atoms with Crippen LogP contribution in [0.3, 0.4) is 0 Å². The number of hydrogen-bond donors (Lipinski definition) is 2. The van der Waals surface area contributed by atoms with Crippen molar-refractivity contribution in [2.75, 3.05) is 6.61 Å². The number of pyridine rings is 1. The van der Waals surface area contributed by atoms with Crippen molar-refractivity contribution in [2.24, 2.45) is 0 Å². The lowest BCUT2D eigenvalue weighted by Gasteiger charge is -2.23. The van der Waals surface area contributed by atoms with Crippen LogP contribution in [0.5, 0.6) is 5.75 Å². The molecule has 0 fully saturated rings. The number of aliphatic hydroxyl groups is 1. The molecule has 0 saturated carbocycles. The monoisotopic (exact) mass is 438 g/mol. The molecule has 1 atom stereocenters. The summed E-state index contributed by atoms with van der Waals surface area (Å²) in [7, 11) is 0. The summed E-state index contributed by atoms with van der Waals surface area (Å²) < 4.78 is 67.2. The minimum atomic E-state index is -4.85. The molecule has 1 aromatic carbocycles. The highest BCUT2D eigenvalue weighted by molar-refractivity contribution is 7.98. The number of halogens is 5. The Balaban J connectivity index is 0.000000308. The topological polar surface area (TPSA) is 54.4 Å². The number of rotatable bonds is 6. The molecule has 1 unspecified atom stereocenters. The second-order valence-corrected chi connectivity index (χ2v) is 8.41. The number of benzene rings is 1. The number of nitrogens with one attached hydrogen (secondary N) is 1. The minimum Gasteiger partial charge on any atom is -0.403 e. The van der Waals surface area contributed by atoms with Crippen LogP contribution in [0.2, 0.25) is 0 Å². The van der Waals surface area contributed by atoms with E-state index in [4.69, 9.17) is 5.11 Å². The van der Waals surface area contributed by atoms with Crippen molar-refractivity contribution in [1.29, 1.82) is 0 Å². The smallest absolute Gasteiger partial charge is 0.403 e. The Hall–Kier alpha value is -1.91. The van der Waals surface area contributed by atoms with Gasteiger partial charge in [-0.1, -0.05) is 24.1 Å². The molecule has 1 aromatic heterocycles. The first-order valence-electron chi connectivity index (χ1n) is 8.58. The summed E-state index contributed by atoms with van der Waals surface area (Å²) in [5.41, 5.74) is 0.360. The van der Waals surface area contributed by atoms with Gasteiger partial charge in [0.25, 0.3) is 0 Å². The number of para-hydroxylation sites is 1. The minimum absolute atomic E-state index is 0.00160. The van der Waals surface area contributed by atoms with E-state index in [1.807, 2.05) is 0 Å². The summed E-state index contributed by atoms with van der Waals surface area (Å²) in [6.07, 6.45) is -2.84. The van der Waals surface area contributed by atoms with Gasteiger partial charge in [0.1, 0.15) is 5.82 Å². The second-order valence-electron chi connectivity index (χ2n) is 6.75. The second kappa shape index (κ2) is 11.3. The van der Waals surface area contributed by atoms with Gasteiger partial charge in [-0.15, -0.1) is 13.2 Å². The zero-order chi connectivity index (χ0) is 22.1. The van der Waals surface area contributed by atoms with Gasteiger partial charge in [-0.3, -0.25) is 9.71 Å². The van der Waals surface area contributed by atoms with Gasteiger partial charge in [-0.25, -0.2) is 8.78 Å². The fourth-order valence-electron chi connectivity index (χ4n) is 1.93. The Bertz CT molecular complexity index is 754. The molecule has 0 saturated heterocycles. The molecule has 2 rings (SSSR count). The number of nitrogens with zero attached hydrogens (tertiary/aromatic N) is 1. The van der Waals surface area contributed by atoms with Gasteiger partial charge in [0.15, 0.2) is 11.6 Å². The van der Waals surface area contributed by atoms with Crippen LogP contribution in [-0.2, 0) is 0 Å². The number of aromatic nitrogens is 1. The van der Waals surface area contributed by atoms with E-state index in [1.54, 1.807) is 12.3 Å². The predicted molar refractivity (Wildman–Crippen MR) is 102 cm³/mol. The molecule has 162 valence electrons. The van der Waals surface area contributed by atoms with Crippen LogP contribution in [-0.4, -0.2) is 27.8 Å². The first-order chi connectivity index (χ1) is 13.4. The van der Waals surface area contributed by atoms with Crippen molar-refractivity contribution in [3.63, 3.8) is 0 Å². The van der Waals surface area contributed by atoms with Crippen molar-refractivity contribution in [2.45, 2.75) is 44.3 Å².